The molecule has 6 rings (SSSR count). The highest BCUT2D eigenvalue weighted by Crippen LogP contribution is 2.56. The van der Waals surface area contributed by atoms with Gasteiger partial charge < -0.3 is 44.0 Å². The van der Waals surface area contributed by atoms with Crippen LogP contribution in [0, 0.1) is 5.92 Å². The first-order chi connectivity index (χ1) is 24.4. The third-order valence-corrected chi connectivity index (χ3v) is 9.75. The van der Waals surface area contributed by atoms with Gasteiger partial charge in [-0.3, -0.25) is 24.0 Å². The number of phenolic OH excluding ortho intramolecular Hbond substituents is 1. The summed E-state index contributed by atoms with van der Waals surface area (Å²) in [6.45, 7) is 1.46. The van der Waals surface area contributed by atoms with Crippen LogP contribution < -0.4 is 35.4 Å². The number of aliphatic hydroxyl groups is 1. The van der Waals surface area contributed by atoms with Crippen LogP contribution in [0.4, 0.5) is 0 Å². The number of aromatic nitrogens is 2. The molecule has 15 heteroatoms. The van der Waals surface area contributed by atoms with E-state index in [1.807, 2.05) is 0 Å². The van der Waals surface area contributed by atoms with Gasteiger partial charge in [0.1, 0.15) is 22.1 Å². The van der Waals surface area contributed by atoms with Gasteiger partial charge in [-0.25, -0.2) is 0 Å². The van der Waals surface area contributed by atoms with Crippen LogP contribution in [0.2, 0.25) is 5.02 Å². The maximum Gasteiger partial charge on any atom is 0.316 e. The van der Waals surface area contributed by atoms with Gasteiger partial charge >= 0.3 is 11.1 Å². The number of rotatable bonds is 10. The molecule has 1 spiro atoms. The molecule has 0 saturated heterocycles. The fourth-order valence-corrected chi connectivity index (χ4v) is 7.11. The molecule has 3 aromatic carbocycles. The molecule has 1 aliphatic carbocycles. The summed E-state index contributed by atoms with van der Waals surface area (Å²) in [6, 6.07) is 12.3. The molecular weight excluding hydrogens is 686 g/mol. The number of hydrogen-bond donors (Lipinski definition) is 4. The molecule has 1 unspecified atom stereocenters. The van der Waals surface area contributed by atoms with Gasteiger partial charge in [-0.1, -0.05) is 36.7 Å². The van der Waals surface area contributed by atoms with E-state index < -0.39 is 58.2 Å². The summed E-state index contributed by atoms with van der Waals surface area (Å²) in [5.74, 6) is -4.61. The van der Waals surface area contributed by atoms with E-state index in [0.29, 0.717) is 16.6 Å². The van der Waals surface area contributed by atoms with Crippen molar-refractivity contribution in [1.29, 1.82) is 0 Å². The molecule has 51 heavy (non-hydrogen) atoms. The third kappa shape index (κ3) is 5.74. The fraction of sp³-hybridized carbons (Fsp3) is 0.306. The van der Waals surface area contributed by atoms with Crippen LogP contribution in [0.15, 0.2) is 69.5 Å². The maximum absolute atomic E-state index is 14.3. The van der Waals surface area contributed by atoms with Crippen molar-refractivity contribution in [2.75, 3.05) is 27.9 Å². The second-order valence-corrected chi connectivity index (χ2v) is 12.6. The highest BCUT2D eigenvalue weighted by atomic mass is 35.5. The Morgan fingerprint density at radius 3 is 2.45 bits per heavy atom. The number of para-hydroxylation sites is 2. The third-order valence-electron chi connectivity index (χ3n) is 9.40. The van der Waals surface area contributed by atoms with Crippen LogP contribution in [-0.4, -0.2) is 70.7 Å². The predicted octanol–water partition coefficient (Wildman–Crippen LogP) is 3.80. The van der Waals surface area contributed by atoms with Crippen molar-refractivity contribution in [3.8, 4) is 28.7 Å². The largest absolute Gasteiger partial charge is 0.507 e. The maximum atomic E-state index is 14.3. The van der Waals surface area contributed by atoms with E-state index in [2.05, 4.69) is 10.3 Å². The lowest BCUT2D eigenvalue weighted by molar-refractivity contribution is -0.121. The Morgan fingerprint density at radius 2 is 1.75 bits per heavy atom. The molecule has 2 heterocycles. The molecule has 0 bridgehead atoms. The smallest absolute Gasteiger partial charge is 0.316 e. The van der Waals surface area contributed by atoms with Crippen LogP contribution in [0.5, 0.6) is 28.7 Å². The number of amides is 1. The van der Waals surface area contributed by atoms with Crippen LogP contribution in [0.25, 0.3) is 11.0 Å². The number of halogens is 1. The van der Waals surface area contributed by atoms with Crippen molar-refractivity contribution in [2.45, 2.75) is 37.8 Å². The Bertz CT molecular complexity index is 2260. The van der Waals surface area contributed by atoms with Crippen molar-refractivity contribution in [3.05, 3.63) is 96.7 Å². The van der Waals surface area contributed by atoms with E-state index in [0.717, 1.165) is 0 Å². The van der Waals surface area contributed by atoms with Gasteiger partial charge in [-0.2, -0.15) is 0 Å². The molecule has 1 aliphatic heterocycles. The Labute approximate surface area is 295 Å². The number of nitrogens with one attached hydrogen (secondary N) is 2. The fourth-order valence-electron chi connectivity index (χ4n) is 6.85. The number of methoxy groups -OCH3 is 3. The zero-order chi connectivity index (χ0) is 36.8. The summed E-state index contributed by atoms with van der Waals surface area (Å²) in [5, 5.41) is 25.1. The van der Waals surface area contributed by atoms with Gasteiger partial charge in [0.05, 0.1) is 32.4 Å². The zero-order valence-electron chi connectivity index (χ0n) is 28.0. The first-order valence-corrected chi connectivity index (χ1v) is 16.3. The van der Waals surface area contributed by atoms with Crippen LogP contribution in [0.3, 0.4) is 0 Å². The number of H-pyrrole nitrogens is 1. The number of carbonyl (C=O) groups is 3. The van der Waals surface area contributed by atoms with E-state index in [-0.39, 0.29) is 64.4 Å². The average molecular weight is 720 g/mol. The minimum Gasteiger partial charge on any atom is -0.507 e. The molecule has 1 amide bonds. The Balaban J connectivity index is 1.40. The minimum absolute atomic E-state index is 0.0362. The Hall–Kier alpha value is -5.76. The van der Waals surface area contributed by atoms with E-state index in [1.54, 1.807) is 31.2 Å². The lowest BCUT2D eigenvalue weighted by atomic mass is 9.69. The number of aliphatic hydroxyl groups excluding tert-OH is 1. The van der Waals surface area contributed by atoms with Gasteiger partial charge in [0.15, 0.2) is 28.8 Å². The molecule has 2 aliphatic rings. The van der Waals surface area contributed by atoms with E-state index in [1.165, 1.54) is 50.2 Å². The number of carbonyl (C=O) groups excluding carboxylic acids is 3. The second kappa shape index (κ2) is 13.5. The van der Waals surface area contributed by atoms with Gasteiger partial charge in [-0.15, -0.1) is 0 Å². The standard InChI is InChI=1S/C36H34ClN3O11/c1-17-13-23(42)28(32(44)36(17)33(45)29-25(49-3)16-26(50-4)30(37)31(29)51-36)19(18-9-10-22(41)24(14-18)48-2)15-27(43)38-11-12-40-21-8-6-5-7-20(21)39-34(46)35(40)47/h5-10,14,16-17,19,41,44H,11-13,15H2,1-4H3,(H,38,43)(H,39,46)/t17-,19?,36+/m1/s1. The first kappa shape index (κ1) is 35.1. The molecule has 1 aromatic heterocycles. The highest BCUT2D eigenvalue weighted by Gasteiger charge is 2.61. The molecule has 4 N–H and O–H groups in total. The first-order valence-electron chi connectivity index (χ1n) is 15.9. The summed E-state index contributed by atoms with van der Waals surface area (Å²) >= 11 is 6.58. The number of aromatic amines is 1. The van der Waals surface area contributed by atoms with Crippen molar-refractivity contribution < 1.29 is 43.5 Å². The molecule has 0 saturated carbocycles. The van der Waals surface area contributed by atoms with Gasteiger partial charge in [0.2, 0.25) is 17.3 Å². The number of allylic oxidation sites excluding steroid dienone is 1. The van der Waals surface area contributed by atoms with E-state index in [4.69, 9.17) is 30.5 Å². The molecule has 266 valence electrons. The number of ether oxygens (including phenoxy) is 4. The summed E-state index contributed by atoms with van der Waals surface area (Å²) in [5.41, 5.74) is -2.80. The number of nitrogens with zero attached hydrogens (tertiary/aromatic N) is 1. The van der Waals surface area contributed by atoms with Gasteiger partial charge in [0.25, 0.3) is 0 Å². The number of benzene rings is 3. The van der Waals surface area contributed by atoms with Gasteiger partial charge in [0, 0.05) is 49.4 Å². The number of ketones is 2. The number of aromatic hydroxyl groups is 1. The normalized spacial score (nSPS) is 18.8. The SMILES string of the molecule is COc1cc(C(CC(=O)NCCn2c(=O)c(=O)[nH]c3ccccc32)C2=C(O)[C@@]3(Oc4c(Cl)c(OC)cc(OC)c4C3=O)[C@H](C)CC2=O)ccc1O. The van der Waals surface area contributed by atoms with Crippen molar-refractivity contribution >= 4 is 40.1 Å². The number of hydrogen-bond acceptors (Lipinski definition) is 11. The number of phenols is 1. The predicted molar refractivity (Wildman–Crippen MR) is 185 cm³/mol. The van der Waals surface area contributed by atoms with Crippen LogP contribution in [-0.2, 0) is 16.1 Å². The minimum atomic E-state index is -2.10. The monoisotopic (exact) mass is 719 g/mol. The summed E-state index contributed by atoms with van der Waals surface area (Å²) in [7, 11) is 4.05. The highest BCUT2D eigenvalue weighted by molar-refractivity contribution is 6.35. The molecule has 3 atom stereocenters. The van der Waals surface area contributed by atoms with Crippen molar-refractivity contribution in [3.63, 3.8) is 0 Å². The molecule has 0 fully saturated rings. The average Bonchev–Trinajstić information content (AvgIpc) is 3.43. The van der Waals surface area contributed by atoms with Crippen molar-refractivity contribution in [1.82, 2.24) is 14.9 Å². The van der Waals surface area contributed by atoms with Crippen LogP contribution in [0.1, 0.15) is 41.6 Å². The molecule has 14 nitrogen and oxygen atoms in total. The Kier molecular flexibility index (Phi) is 9.29. The Morgan fingerprint density at radius 1 is 1.04 bits per heavy atom. The lowest BCUT2D eigenvalue weighted by Crippen LogP contribution is -2.53. The van der Waals surface area contributed by atoms with Crippen LogP contribution >= 0.6 is 11.6 Å². The number of Topliss-reactive ketones (excluding diaryl/α,β-unsaturated/α-hetero) is 2. The topological polar surface area (TPSA) is 195 Å². The van der Waals surface area contributed by atoms with E-state index in [9.17, 15) is 34.2 Å². The summed E-state index contributed by atoms with van der Waals surface area (Å²) in [6.07, 6.45) is -0.671. The van der Waals surface area contributed by atoms with Crippen molar-refractivity contribution in [2.24, 2.45) is 5.92 Å². The quantitative estimate of drug-likeness (QED) is 0.174. The zero-order valence-corrected chi connectivity index (χ0v) is 28.8. The molecule has 4 aromatic rings. The van der Waals surface area contributed by atoms with Gasteiger partial charge in [-0.05, 0) is 29.8 Å². The second-order valence-electron chi connectivity index (χ2n) is 12.2. The van der Waals surface area contributed by atoms with E-state index >= 15 is 0 Å². The number of fused-ring (bicyclic) bond motifs is 2. The summed E-state index contributed by atoms with van der Waals surface area (Å²) in [4.78, 5) is 69.3. The molecule has 0 radical (unpaired) electrons. The lowest BCUT2D eigenvalue weighted by Gasteiger charge is -2.38. The molecular formula is C36H34ClN3O11. The summed E-state index contributed by atoms with van der Waals surface area (Å²) < 4.78 is 23.6.